The van der Waals surface area contributed by atoms with Crippen molar-refractivity contribution in [2.24, 2.45) is 5.41 Å². The highest BCUT2D eigenvalue weighted by molar-refractivity contribution is 6.30. The number of anilines is 1. The molecule has 0 heterocycles. The summed E-state index contributed by atoms with van der Waals surface area (Å²) in [5, 5.41) is 16.9. The van der Waals surface area contributed by atoms with E-state index in [9.17, 15) is 19.1 Å². The molecule has 3 saturated carbocycles. The number of carbonyl (C=O) groups is 2. The van der Waals surface area contributed by atoms with Crippen molar-refractivity contribution in [1.29, 1.82) is 0 Å². The number of hydrogen-bond donors (Lipinski definition) is 3. The Kier molecular flexibility index (Phi) is 7.24. The van der Waals surface area contributed by atoms with Crippen LogP contribution in [0.25, 0.3) is 0 Å². The highest BCUT2D eigenvalue weighted by Crippen LogP contribution is 2.52. The van der Waals surface area contributed by atoms with Crippen LogP contribution in [0.15, 0.2) is 42.5 Å². The second-order valence-electron chi connectivity index (χ2n) is 9.81. The summed E-state index contributed by atoms with van der Waals surface area (Å²) in [6.07, 6.45) is 1.62. The van der Waals surface area contributed by atoms with Crippen molar-refractivity contribution in [3.63, 3.8) is 0 Å². The highest BCUT2D eigenvalue weighted by atomic mass is 35.5. The number of aliphatic hydroxyl groups excluding tert-OH is 1. The predicted molar refractivity (Wildman–Crippen MR) is 132 cm³/mol. The van der Waals surface area contributed by atoms with Gasteiger partial charge < -0.3 is 25.4 Å². The maximum absolute atomic E-state index is 13.6. The second-order valence-corrected chi connectivity index (χ2v) is 10.2. The van der Waals surface area contributed by atoms with Crippen molar-refractivity contribution in [2.75, 3.05) is 25.6 Å². The third-order valence-electron chi connectivity index (χ3n) is 7.34. The number of nitrogens with zero attached hydrogens (tertiary/aromatic N) is 1. The second kappa shape index (κ2) is 10.0. The summed E-state index contributed by atoms with van der Waals surface area (Å²) in [6.45, 7) is 0.114. The van der Waals surface area contributed by atoms with E-state index in [1.807, 2.05) is 43.3 Å². The zero-order valence-corrected chi connectivity index (χ0v) is 20.7. The van der Waals surface area contributed by atoms with Gasteiger partial charge in [0.1, 0.15) is 11.6 Å². The molecule has 0 spiro atoms. The molecule has 7 nitrogen and oxygen atoms in total. The quantitative estimate of drug-likeness (QED) is 0.513. The number of rotatable bonds is 8. The van der Waals surface area contributed by atoms with Gasteiger partial charge in [0.2, 0.25) is 5.91 Å². The van der Waals surface area contributed by atoms with Gasteiger partial charge in [-0.25, -0.2) is 4.39 Å². The molecule has 0 radical (unpaired) electrons. The first-order chi connectivity index (χ1) is 16.6. The van der Waals surface area contributed by atoms with E-state index in [1.54, 1.807) is 0 Å². The Hall–Kier alpha value is -2.84. The SMILES string of the molecule is CN(C)c1ccc(CNC(=O)C23CCC(NC(=O)COc4ccc(Cl)c(F)c4)(CC2)C[C@@H]3O)cc1. The summed E-state index contributed by atoms with van der Waals surface area (Å²) < 4.78 is 18.9. The van der Waals surface area contributed by atoms with Crippen molar-refractivity contribution in [3.8, 4) is 5.75 Å². The summed E-state index contributed by atoms with van der Waals surface area (Å²) >= 11 is 5.66. The van der Waals surface area contributed by atoms with Crippen LogP contribution in [-0.4, -0.2) is 49.3 Å². The summed E-state index contributed by atoms with van der Waals surface area (Å²) in [5.74, 6) is -0.910. The lowest BCUT2D eigenvalue weighted by molar-refractivity contribution is -0.156. The van der Waals surface area contributed by atoms with Gasteiger partial charge in [-0.2, -0.15) is 0 Å². The minimum atomic E-state index is -0.854. The van der Waals surface area contributed by atoms with Crippen LogP contribution in [0.1, 0.15) is 37.7 Å². The number of benzene rings is 2. The molecule has 2 aromatic carbocycles. The minimum absolute atomic E-state index is 0.0196. The van der Waals surface area contributed by atoms with Crippen LogP contribution in [0.4, 0.5) is 10.1 Å². The lowest BCUT2D eigenvalue weighted by Crippen LogP contribution is -2.65. The third-order valence-corrected chi connectivity index (χ3v) is 7.65. The molecule has 2 bridgehead atoms. The molecule has 0 aliphatic heterocycles. The summed E-state index contributed by atoms with van der Waals surface area (Å²) in [4.78, 5) is 27.7. The summed E-state index contributed by atoms with van der Waals surface area (Å²) in [6, 6.07) is 11.9. The number of carbonyl (C=O) groups excluding carboxylic acids is 2. The van der Waals surface area contributed by atoms with E-state index in [1.165, 1.54) is 12.1 Å². The molecule has 3 fully saturated rings. The number of aliphatic hydroxyl groups is 1. The van der Waals surface area contributed by atoms with Gasteiger partial charge in [-0.3, -0.25) is 9.59 Å². The normalized spacial score (nSPS) is 25.1. The van der Waals surface area contributed by atoms with Gasteiger partial charge in [0, 0.05) is 37.9 Å². The van der Waals surface area contributed by atoms with Gasteiger partial charge in [-0.05, 0) is 61.9 Å². The van der Waals surface area contributed by atoms with Crippen molar-refractivity contribution >= 4 is 29.1 Å². The fraction of sp³-hybridized carbons (Fsp3) is 0.462. The third kappa shape index (κ3) is 5.38. The monoisotopic (exact) mass is 503 g/mol. The number of halogens is 2. The van der Waals surface area contributed by atoms with Crippen molar-refractivity contribution in [3.05, 3.63) is 58.9 Å². The molecular weight excluding hydrogens is 473 g/mol. The number of hydrogen-bond acceptors (Lipinski definition) is 5. The van der Waals surface area contributed by atoms with Crippen LogP contribution in [-0.2, 0) is 16.1 Å². The minimum Gasteiger partial charge on any atom is -0.484 e. The predicted octanol–water partition coefficient (Wildman–Crippen LogP) is 3.42. The van der Waals surface area contributed by atoms with Crippen LogP contribution in [0, 0.1) is 11.2 Å². The molecular formula is C26H31ClFN3O4. The van der Waals surface area contributed by atoms with Gasteiger partial charge in [0.05, 0.1) is 16.5 Å². The first-order valence-electron chi connectivity index (χ1n) is 11.7. The van der Waals surface area contributed by atoms with Crippen LogP contribution in [0.3, 0.4) is 0 Å². The average molecular weight is 504 g/mol. The highest BCUT2D eigenvalue weighted by Gasteiger charge is 2.58. The van der Waals surface area contributed by atoms with E-state index in [0.717, 1.165) is 17.3 Å². The number of nitrogens with one attached hydrogen (secondary N) is 2. The number of fused-ring (bicyclic) bond motifs is 3. The Balaban J connectivity index is 1.30. The van der Waals surface area contributed by atoms with E-state index in [2.05, 4.69) is 10.6 Å². The lowest BCUT2D eigenvalue weighted by atomic mass is 9.55. The molecule has 2 aromatic rings. The van der Waals surface area contributed by atoms with Crippen molar-refractivity contribution in [1.82, 2.24) is 10.6 Å². The fourth-order valence-electron chi connectivity index (χ4n) is 5.15. The Morgan fingerprint density at radius 1 is 1.14 bits per heavy atom. The Morgan fingerprint density at radius 2 is 1.83 bits per heavy atom. The van der Waals surface area contributed by atoms with Crippen LogP contribution in [0.5, 0.6) is 5.75 Å². The van der Waals surface area contributed by atoms with Crippen LogP contribution in [0.2, 0.25) is 5.02 Å². The van der Waals surface area contributed by atoms with Crippen LogP contribution >= 0.6 is 11.6 Å². The van der Waals surface area contributed by atoms with Gasteiger partial charge in [-0.15, -0.1) is 0 Å². The summed E-state index contributed by atoms with van der Waals surface area (Å²) in [7, 11) is 3.94. The Morgan fingerprint density at radius 3 is 2.43 bits per heavy atom. The van der Waals surface area contributed by atoms with Gasteiger partial charge in [-0.1, -0.05) is 23.7 Å². The Labute approximate surface area is 209 Å². The molecule has 3 aliphatic rings. The maximum atomic E-state index is 13.6. The van der Waals surface area contributed by atoms with E-state index < -0.39 is 22.9 Å². The zero-order valence-electron chi connectivity index (χ0n) is 19.9. The standard InChI is InChI=1S/C26H31ClFN3O4/c1-31(2)18-5-3-17(4-6-18)15-29-24(34)26-11-9-25(10-12-26,14-22(26)32)30-23(33)16-35-19-7-8-20(27)21(28)13-19/h3-8,13,22,32H,9-12,14-16H2,1-2H3,(H,29,34)(H,30,33)/t22-,25?,26?/m0/s1. The average Bonchev–Trinajstić information content (AvgIpc) is 2.84. The molecule has 2 amide bonds. The van der Waals surface area contributed by atoms with Gasteiger partial charge in [0.15, 0.2) is 6.61 Å². The molecule has 5 rings (SSSR count). The van der Waals surface area contributed by atoms with E-state index in [0.29, 0.717) is 38.6 Å². The molecule has 0 aromatic heterocycles. The molecule has 0 unspecified atom stereocenters. The Bertz CT molecular complexity index is 1080. The van der Waals surface area contributed by atoms with Crippen molar-refractivity contribution in [2.45, 2.75) is 50.3 Å². The van der Waals surface area contributed by atoms with Crippen molar-refractivity contribution < 1.29 is 23.8 Å². The fourth-order valence-corrected chi connectivity index (χ4v) is 5.27. The van der Waals surface area contributed by atoms with Crippen LogP contribution < -0.4 is 20.3 Å². The number of ether oxygens (including phenoxy) is 1. The van der Waals surface area contributed by atoms with Gasteiger partial charge in [0.25, 0.3) is 5.91 Å². The number of amides is 2. The van der Waals surface area contributed by atoms with E-state index in [4.69, 9.17) is 16.3 Å². The van der Waals surface area contributed by atoms with E-state index >= 15 is 0 Å². The summed E-state index contributed by atoms with van der Waals surface area (Å²) in [5.41, 5.74) is 0.657. The molecule has 9 heteroatoms. The first kappa shape index (κ1) is 25.3. The smallest absolute Gasteiger partial charge is 0.258 e. The topological polar surface area (TPSA) is 90.9 Å². The maximum Gasteiger partial charge on any atom is 0.258 e. The molecule has 0 saturated heterocycles. The molecule has 35 heavy (non-hydrogen) atoms. The molecule has 1 atom stereocenters. The lowest BCUT2D eigenvalue weighted by Gasteiger charge is -2.55. The largest absolute Gasteiger partial charge is 0.484 e. The van der Waals surface area contributed by atoms with E-state index in [-0.39, 0.29) is 29.2 Å². The first-order valence-corrected chi connectivity index (χ1v) is 12.1. The molecule has 3 N–H and O–H groups in total. The molecule has 3 aliphatic carbocycles. The molecule has 188 valence electrons. The van der Waals surface area contributed by atoms with Gasteiger partial charge >= 0.3 is 0 Å². The zero-order chi connectivity index (χ0) is 25.2.